The quantitative estimate of drug-likeness (QED) is 0.721. The van der Waals surface area contributed by atoms with Crippen LogP contribution in [0, 0.1) is 0 Å². The summed E-state index contributed by atoms with van der Waals surface area (Å²) >= 11 is 6.17. The van der Waals surface area contributed by atoms with Gasteiger partial charge in [-0.1, -0.05) is 29.8 Å². The fourth-order valence-electron chi connectivity index (χ4n) is 2.28. The second-order valence-electron chi connectivity index (χ2n) is 5.54. The zero-order chi connectivity index (χ0) is 19.1. The number of furan rings is 1. The number of hydrogen-bond acceptors (Lipinski definition) is 5. The summed E-state index contributed by atoms with van der Waals surface area (Å²) < 4.78 is 9.67. The van der Waals surface area contributed by atoms with Crippen LogP contribution in [0.4, 0.5) is 0 Å². The molecule has 2 aromatic rings. The second kappa shape index (κ2) is 9.05. The van der Waals surface area contributed by atoms with E-state index in [4.69, 9.17) is 16.0 Å². The van der Waals surface area contributed by atoms with Gasteiger partial charge in [-0.15, -0.1) is 0 Å². The van der Waals surface area contributed by atoms with Gasteiger partial charge in [0, 0.05) is 5.02 Å². The van der Waals surface area contributed by atoms with E-state index >= 15 is 0 Å². The summed E-state index contributed by atoms with van der Waals surface area (Å²) in [6, 6.07) is 8.39. The number of nitrogens with one attached hydrogen (secondary N) is 2. The zero-order valence-corrected chi connectivity index (χ0v) is 15.1. The Balaban J connectivity index is 2.08. The molecule has 1 aromatic carbocycles. The molecule has 8 heteroatoms. The Morgan fingerprint density at radius 2 is 1.88 bits per heavy atom. The fraction of sp³-hybridized carbons (Fsp3) is 0.278. The molecule has 1 aromatic heterocycles. The van der Waals surface area contributed by atoms with Gasteiger partial charge in [-0.05, 0) is 30.7 Å². The Hall–Kier alpha value is -2.80. The lowest BCUT2D eigenvalue weighted by Crippen LogP contribution is -2.46. The molecule has 0 aliphatic heterocycles. The minimum absolute atomic E-state index is 0.0924. The summed E-state index contributed by atoms with van der Waals surface area (Å²) in [4.78, 5) is 36.1. The lowest BCUT2D eigenvalue weighted by atomic mass is 10.0. The first-order chi connectivity index (χ1) is 12.4. The van der Waals surface area contributed by atoms with Crippen molar-refractivity contribution in [3.63, 3.8) is 0 Å². The number of carbonyl (C=O) groups excluding carboxylic acids is 3. The molecule has 1 heterocycles. The molecular formula is C18H19ClN2O5. The van der Waals surface area contributed by atoms with Crippen molar-refractivity contribution in [3.8, 4) is 0 Å². The normalized spacial score (nSPS) is 12.7. The zero-order valence-electron chi connectivity index (χ0n) is 14.3. The van der Waals surface area contributed by atoms with Crippen molar-refractivity contribution < 1.29 is 23.5 Å². The molecule has 0 saturated carbocycles. The minimum Gasteiger partial charge on any atom is -0.469 e. The number of esters is 1. The maximum absolute atomic E-state index is 12.5. The first kappa shape index (κ1) is 19.5. The summed E-state index contributed by atoms with van der Waals surface area (Å²) in [5, 5.41) is 5.66. The van der Waals surface area contributed by atoms with Gasteiger partial charge in [0.05, 0.1) is 25.8 Å². The highest BCUT2D eigenvalue weighted by Gasteiger charge is 2.25. The standard InChI is InChI=1S/C18H19ClN2O5/c1-11(20-18(24)15-8-5-9-26-15)17(23)21-14(10-16(22)25-2)12-6-3-4-7-13(12)19/h3-9,11,14H,10H2,1-2H3,(H,20,24)(H,21,23). The number of carbonyl (C=O) groups is 3. The molecule has 26 heavy (non-hydrogen) atoms. The maximum Gasteiger partial charge on any atom is 0.307 e. The van der Waals surface area contributed by atoms with Crippen molar-refractivity contribution in [2.75, 3.05) is 7.11 Å². The van der Waals surface area contributed by atoms with E-state index in [0.29, 0.717) is 10.6 Å². The van der Waals surface area contributed by atoms with Crippen LogP contribution in [0.3, 0.4) is 0 Å². The van der Waals surface area contributed by atoms with Gasteiger partial charge in [0.25, 0.3) is 5.91 Å². The van der Waals surface area contributed by atoms with Crippen molar-refractivity contribution in [1.29, 1.82) is 0 Å². The van der Waals surface area contributed by atoms with Crippen molar-refractivity contribution in [3.05, 3.63) is 59.0 Å². The van der Waals surface area contributed by atoms with Crippen LogP contribution in [0.1, 0.15) is 35.5 Å². The van der Waals surface area contributed by atoms with Gasteiger partial charge in [-0.25, -0.2) is 0 Å². The van der Waals surface area contributed by atoms with Crippen LogP contribution in [0.15, 0.2) is 47.1 Å². The number of rotatable bonds is 7. The third-order valence-electron chi connectivity index (χ3n) is 3.68. The molecule has 2 unspecified atom stereocenters. The van der Waals surface area contributed by atoms with E-state index in [9.17, 15) is 14.4 Å². The summed E-state index contributed by atoms with van der Waals surface area (Å²) in [6.45, 7) is 1.53. The topological polar surface area (TPSA) is 97.6 Å². The number of benzene rings is 1. The van der Waals surface area contributed by atoms with Crippen LogP contribution in [-0.4, -0.2) is 30.9 Å². The largest absolute Gasteiger partial charge is 0.469 e. The van der Waals surface area contributed by atoms with E-state index in [1.54, 1.807) is 30.3 Å². The third kappa shape index (κ3) is 5.10. The van der Waals surface area contributed by atoms with Gasteiger partial charge in [0.2, 0.25) is 5.91 Å². The number of methoxy groups -OCH3 is 1. The van der Waals surface area contributed by atoms with Gasteiger partial charge in [-0.2, -0.15) is 0 Å². The SMILES string of the molecule is COC(=O)CC(NC(=O)C(C)NC(=O)c1ccco1)c1ccccc1Cl. The first-order valence-electron chi connectivity index (χ1n) is 7.88. The molecule has 0 bridgehead atoms. The molecule has 0 aliphatic carbocycles. The molecule has 0 radical (unpaired) electrons. The van der Waals surface area contributed by atoms with Crippen molar-refractivity contribution in [1.82, 2.24) is 10.6 Å². The van der Waals surface area contributed by atoms with Crippen molar-refractivity contribution in [2.24, 2.45) is 0 Å². The Morgan fingerprint density at radius 3 is 2.50 bits per heavy atom. The first-order valence-corrected chi connectivity index (χ1v) is 8.26. The van der Waals surface area contributed by atoms with Gasteiger partial charge in [0.1, 0.15) is 6.04 Å². The van der Waals surface area contributed by atoms with Crippen LogP contribution in [0.25, 0.3) is 0 Å². The number of halogens is 1. The molecule has 7 nitrogen and oxygen atoms in total. The van der Waals surface area contributed by atoms with Gasteiger partial charge >= 0.3 is 5.97 Å². The van der Waals surface area contributed by atoms with Crippen molar-refractivity contribution >= 4 is 29.4 Å². The van der Waals surface area contributed by atoms with Crippen LogP contribution in [0.2, 0.25) is 5.02 Å². The Morgan fingerprint density at radius 1 is 1.15 bits per heavy atom. The van der Waals surface area contributed by atoms with E-state index in [2.05, 4.69) is 15.4 Å². The molecule has 2 N–H and O–H groups in total. The number of amides is 2. The van der Waals surface area contributed by atoms with E-state index in [1.165, 1.54) is 26.4 Å². The molecule has 138 valence electrons. The molecule has 0 fully saturated rings. The Kier molecular flexibility index (Phi) is 6.80. The maximum atomic E-state index is 12.5. The fourth-order valence-corrected chi connectivity index (χ4v) is 2.55. The molecule has 2 rings (SSSR count). The number of hydrogen-bond donors (Lipinski definition) is 2. The lowest BCUT2D eigenvalue weighted by Gasteiger charge is -2.22. The highest BCUT2D eigenvalue weighted by atomic mass is 35.5. The third-order valence-corrected chi connectivity index (χ3v) is 4.03. The van der Waals surface area contributed by atoms with E-state index in [-0.39, 0.29) is 12.2 Å². The molecule has 0 spiro atoms. The van der Waals surface area contributed by atoms with Crippen LogP contribution in [0.5, 0.6) is 0 Å². The number of ether oxygens (including phenoxy) is 1. The molecule has 2 atom stereocenters. The molecule has 0 aliphatic rings. The average molecular weight is 379 g/mol. The smallest absolute Gasteiger partial charge is 0.307 e. The van der Waals surface area contributed by atoms with E-state index in [0.717, 1.165) is 0 Å². The Bertz CT molecular complexity index is 776. The molecule has 0 saturated heterocycles. The van der Waals surface area contributed by atoms with Crippen molar-refractivity contribution in [2.45, 2.75) is 25.4 Å². The van der Waals surface area contributed by atoms with Crippen LogP contribution < -0.4 is 10.6 Å². The van der Waals surface area contributed by atoms with E-state index in [1.807, 2.05) is 0 Å². The van der Waals surface area contributed by atoms with Gasteiger partial charge in [0.15, 0.2) is 5.76 Å². The predicted molar refractivity (Wildman–Crippen MR) is 94.6 cm³/mol. The Labute approximate surface area is 155 Å². The van der Waals surface area contributed by atoms with Crippen LogP contribution in [-0.2, 0) is 14.3 Å². The average Bonchev–Trinajstić information content (AvgIpc) is 3.16. The monoisotopic (exact) mass is 378 g/mol. The highest BCUT2D eigenvalue weighted by molar-refractivity contribution is 6.31. The summed E-state index contributed by atoms with van der Waals surface area (Å²) in [6.07, 6.45) is 1.27. The molecule has 2 amide bonds. The minimum atomic E-state index is -0.852. The summed E-state index contributed by atoms with van der Waals surface area (Å²) in [5.41, 5.74) is 0.581. The van der Waals surface area contributed by atoms with Gasteiger partial charge < -0.3 is 19.8 Å². The highest BCUT2D eigenvalue weighted by Crippen LogP contribution is 2.25. The second-order valence-corrected chi connectivity index (χ2v) is 5.94. The summed E-state index contributed by atoms with van der Waals surface area (Å²) in [5.74, 6) is -1.39. The van der Waals surface area contributed by atoms with E-state index < -0.39 is 29.9 Å². The predicted octanol–water partition coefficient (Wildman–Crippen LogP) is 2.47. The lowest BCUT2D eigenvalue weighted by molar-refractivity contribution is -0.141. The summed E-state index contributed by atoms with van der Waals surface area (Å²) in [7, 11) is 1.26. The van der Waals surface area contributed by atoms with Gasteiger partial charge in [-0.3, -0.25) is 14.4 Å². The molecular weight excluding hydrogens is 360 g/mol. The van der Waals surface area contributed by atoms with Crippen LogP contribution >= 0.6 is 11.6 Å².